The van der Waals surface area contributed by atoms with Gasteiger partial charge in [-0.25, -0.2) is 9.97 Å². The molecular formula is C26H26N6O3. The van der Waals surface area contributed by atoms with Crippen LogP contribution in [0.2, 0.25) is 0 Å². The van der Waals surface area contributed by atoms with Gasteiger partial charge in [0.25, 0.3) is 11.8 Å². The Labute approximate surface area is 202 Å². The number of nitrogen functional groups attached to an aromatic ring is 1. The summed E-state index contributed by atoms with van der Waals surface area (Å²) in [6.07, 6.45) is 4.69. The average Bonchev–Trinajstić information content (AvgIpc) is 3.20. The van der Waals surface area contributed by atoms with Crippen LogP contribution >= 0.6 is 0 Å². The first-order valence-corrected chi connectivity index (χ1v) is 11.6. The summed E-state index contributed by atoms with van der Waals surface area (Å²) in [6.45, 7) is 1.79. The van der Waals surface area contributed by atoms with Crippen LogP contribution in [0.15, 0.2) is 60.8 Å². The average molecular weight is 471 g/mol. The first kappa shape index (κ1) is 22.4. The number of carbonyl (C=O) groups is 2. The van der Waals surface area contributed by atoms with E-state index in [0.717, 1.165) is 37.9 Å². The Morgan fingerprint density at radius 2 is 1.80 bits per heavy atom. The number of amides is 2. The molecule has 0 spiro atoms. The minimum atomic E-state index is -0.366. The number of nitrogens with one attached hydrogen (secondary N) is 1. The van der Waals surface area contributed by atoms with Crippen molar-refractivity contribution in [3.63, 3.8) is 0 Å². The van der Waals surface area contributed by atoms with E-state index in [1.165, 1.54) is 0 Å². The summed E-state index contributed by atoms with van der Waals surface area (Å²) in [4.78, 5) is 36.9. The molecule has 178 valence electrons. The molecule has 2 aromatic carbocycles. The SMILES string of the molecule is Nc1cccc(C(=O)Nc2nc3cc(C(=O)N4CCCCC4)cnc3n2Cc2cccc(O)c2)c1. The van der Waals surface area contributed by atoms with E-state index in [1.807, 2.05) is 11.0 Å². The van der Waals surface area contributed by atoms with Gasteiger partial charge < -0.3 is 15.7 Å². The van der Waals surface area contributed by atoms with Gasteiger partial charge in [0.05, 0.1) is 12.1 Å². The fourth-order valence-corrected chi connectivity index (χ4v) is 4.34. The zero-order valence-electron chi connectivity index (χ0n) is 19.1. The van der Waals surface area contributed by atoms with Crippen molar-refractivity contribution in [1.29, 1.82) is 0 Å². The number of aromatic nitrogens is 3. The topological polar surface area (TPSA) is 126 Å². The number of fused-ring (bicyclic) bond motifs is 1. The van der Waals surface area contributed by atoms with Crippen LogP contribution in [0.4, 0.5) is 11.6 Å². The van der Waals surface area contributed by atoms with Crippen molar-refractivity contribution in [3.8, 4) is 5.75 Å². The molecule has 9 heteroatoms. The lowest BCUT2D eigenvalue weighted by atomic mass is 10.1. The Bertz CT molecular complexity index is 1410. The van der Waals surface area contributed by atoms with E-state index < -0.39 is 0 Å². The minimum Gasteiger partial charge on any atom is -0.508 e. The number of pyridine rings is 1. The number of nitrogens with zero attached hydrogens (tertiary/aromatic N) is 4. The van der Waals surface area contributed by atoms with Gasteiger partial charge in [0, 0.05) is 30.5 Å². The standard InChI is InChI=1S/C26H26N6O3/c27-20-8-5-7-18(13-20)24(34)30-26-29-22-14-19(25(35)31-10-2-1-3-11-31)15-28-23(22)32(26)16-17-6-4-9-21(33)12-17/h4-9,12-15,33H,1-3,10-11,16,27H2,(H,29,30,34). The minimum absolute atomic E-state index is 0.0630. The number of piperidine rings is 1. The Morgan fingerprint density at radius 3 is 2.57 bits per heavy atom. The lowest BCUT2D eigenvalue weighted by molar-refractivity contribution is 0.0724. The summed E-state index contributed by atoms with van der Waals surface area (Å²) in [5.74, 6) is -0.00756. The third-order valence-corrected chi connectivity index (χ3v) is 6.10. The summed E-state index contributed by atoms with van der Waals surface area (Å²) >= 11 is 0. The maximum Gasteiger partial charge on any atom is 0.258 e. The van der Waals surface area contributed by atoms with Gasteiger partial charge in [-0.3, -0.25) is 19.5 Å². The van der Waals surface area contributed by atoms with Gasteiger partial charge in [0.15, 0.2) is 5.65 Å². The van der Waals surface area contributed by atoms with Gasteiger partial charge in [0.2, 0.25) is 5.95 Å². The van der Waals surface area contributed by atoms with Crippen molar-refractivity contribution < 1.29 is 14.7 Å². The maximum absolute atomic E-state index is 13.0. The summed E-state index contributed by atoms with van der Waals surface area (Å²) in [7, 11) is 0. The van der Waals surface area contributed by atoms with Crippen LogP contribution in [-0.2, 0) is 6.54 Å². The van der Waals surface area contributed by atoms with E-state index in [0.29, 0.717) is 34.5 Å². The van der Waals surface area contributed by atoms with Crippen molar-refractivity contribution in [1.82, 2.24) is 19.4 Å². The molecule has 1 aliphatic rings. The number of phenolic OH excluding ortho intramolecular Hbond substituents is 1. The highest BCUT2D eigenvalue weighted by Gasteiger charge is 2.21. The van der Waals surface area contributed by atoms with Gasteiger partial charge in [-0.15, -0.1) is 0 Å². The van der Waals surface area contributed by atoms with Crippen molar-refractivity contribution in [2.75, 3.05) is 24.1 Å². The number of carbonyl (C=O) groups excluding carboxylic acids is 2. The van der Waals surface area contributed by atoms with Crippen LogP contribution in [0.1, 0.15) is 45.5 Å². The van der Waals surface area contributed by atoms with Crippen LogP contribution in [-0.4, -0.2) is 49.4 Å². The molecule has 3 heterocycles. The van der Waals surface area contributed by atoms with E-state index in [2.05, 4.69) is 15.3 Å². The van der Waals surface area contributed by atoms with Crippen molar-refractivity contribution >= 4 is 34.6 Å². The fraction of sp³-hybridized carbons (Fsp3) is 0.231. The van der Waals surface area contributed by atoms with Gasteiger partial charge in [0.1, 0.15) is 11.3 Å². The highest BCUT2D eigenvalue weighted by Crippen LogP contribution is 2.24. The van der Waals surface area contributed by atoms with E-state index in [9.17, 15) is 14.7 Å². The number of phenols is 1. The number of imidazole rings is 1. The second kappa shape index (κ2) is 9.46. The quantitative estimate of drug-likeness (QED) is 0.382. The molecule has 1 aliphatic heterocycles. The molecule has 35 heavy (non-hydrogen) atoms. The molecule has 4 N–H and O–H groups in total. The van der Waals surface area contributed by atoms with E-state index in [4.69, 9.17) is 5.73 Å². The van der Waals surface area contributed by atoms with Crippen molar-refractivity contribution in [3.05, 3.63) is 77.5 Å². The molecule has 0 radical (unpaired) electrons. The Hall–Kier alpha value is -4.40. The molecule has 0 unspecified atom stereocenters. The molecule has 0 aliphatic carbocycles. The van der Waals surface area contributed by atoms with Crippen LogP contribution in [0.5, 0.6) is 5.75 Å². The lowest BCUT2D eigenvalue weighted by Crippen LogP contribution is -2.35. The fourth-order valence-electron chi connectivity index (χ4n) is 4.34. The largest absolute Gasteiger partial charge is 0.508 e. The first-order valence-electron chi connectivity index (χ1n) is 11.6. The number of hydrogen-bond donors (Lipinski definition) is 3. The second-order valence-corrected chi connectivity index (χ2v) is 8.69. The van der Waals surface area contributed by atoms with Crippen LogP contribution in [0.3, 0.4) is 0 Å². The second-order valence-electron chi connectivity index (χ2n) is 8.69. The molecule has 4 aromatic rings. The highest BCUT2D eigenvalue weighted by molar-refractivity contribution is 6.04. The first-order chi connectivity index (χ1) is 17.0. The molecule has 9 nitrogen and oxygen atoms in total. The summed E-state index contributed by atoms with van der Waals surface area (Å²) in [6, 6.07) is 15.2. The molecule has 1 fully saturated rings. The molecule has 0 atom stereocenters. The number of likely N-dealkylation sites (tertiary alicyclic amines) is 1. The van der Waals surface area contributed by atoms with Gasteiger partial charge in [-0.1, -0.05) is 18.2 Å². The van der Waals surface area contributed by atoms with Crippen molar-refractivity contribution in [2.45, 2.75) is 25.8 Å². The molecule has 2 amide bonds. The number of rotatable bonds is 5. The molecule has 0 bridgehead atoms. The third-order valence-electron chi connectivity index (χ3n) is 6.10. The predicted octanol–water partition coefficient (Wildman–Crippen LogP) is 3.65. The zero-order valence-corrected chi connectivity index (χ0v) is 19.1. The van der Waals surface area contributed by atoms with Gasteiger partial charge in [-0.05, 0) is 61.2 Å². The molecule has 2 aromatic heterocycles. The summed E-state index contributed by atoms with van der Waals surface area (Å²) in [5, 5.41) is 12.8. The Kier molecular flexibility index (Phi) is 6.05. The molecular weight excluding hydrogens is 444 g/mol. The number of nitrogens with two attached hydrogens (primary N) is 1. The van der Waals surface area contributed by atoms with Crippen LogP contribution < -0.4 is 11.1 Å². The highest BCUT2D eigenvalue weighted by atomic mass is 16.3. The monoisotopic (exact) mass is 470 g/mol. The van der Waals surface area contributed by atoms with Crippen LogP contribution in [0, 0.1) is 0 Å². The van der Waals surface area contributed by atoms with Crippen molar-refractivity contribution in [2.24, 2.45) is 0 Å². The van der Waals surface area contributed by atoms with Crippen LogP contribution in [0.25, 0.3) is 11.2 Å². The van der Waals surface area contributed by atoms with E-state index >= 15 is 0 Å². The van der Waals surface area contributed by atoms with Gasteiger partial charge in [-0.2, -0.15) is 0 Å². The number of anilines is 2. The van der Waals surface area contributed by atoms with E-state index in [1.54, 1.807) is 59.3 Å². The Morgan fingerprint density at radius 1 is 1.00 bits per heavy atom. The Balaban J connectivity index is 1.52. The number of benzene rings is 2. The number of aromatic hydroxyl groups is 1. The zero-order chi connectivity index (χ0) is 24.4. The molecule has 0 saturated carbocycles. The lowest BCUT2D eigenvalue weighted by Gasteiger charge is -2.26. The smallest absolute Gasteiger partial charge is 0.258 e. The summed E-state index contributed by atoms with van der Waals surface area (Å²) in [5.41, 5.74) is 9.00. The number of hydrogen-bond acceptors (Lipinski definition) is 6. The summed E-state index contributed by atoms with van der Waals surface area (Å²) < 4.78 is 1.75. The molecule has 5 rings (SSSR count). The van der Waals surface area contributed by atoms with E-state index in [-0.39, 0.29) is 23.5 Å². The molecule has 1 saturated heterocycles. The normalized spacial score (nSPS) is 13.7. The maximum atomic E-state index is 13.0. The predicted molar refractivity (Wildman–Crippen MR) is 133 cm³/mol. The van der Waals surface area contributed by atoms with Gasteiger partial charge >= 0.3 is 0 Å². The third kappa shape index (κ3) is 4.79.